The van der Waals surface area contributed by atoms with Gasteiger partial charge >= 0.3 is 5.56 Å². The molecule has 8 nitrogen and oxygen atoms in total. The topological polar surface area (TPSA) is 78.2 Å². The molecule has 0 amide bonds. The maximum absolute atomic E-state index is 14.1. The van der Waals surface area contributed by atoms with Crippen LogP contribution in [0.25, 0.3) is 5.65 Å². The van der Waals surface area contributed by atoms with Crippen molar-refractivity contribution in [3.63, 3.8) is 0 Å². The maximum Gasteiger partial charge on any atom is 0.310 e. The molecule has 5 rings (SSSR count). The molecule has 0 aliphatic carbocycles. The molecule has 1 aromatic carbocycles. The number of ether oxygens (including phenoxy) is 3. The molecule has 2 aromatic heterocycles. The molecule has 0 unspecified atom stereocenters. The Morgan fingerprint density at radius 1 is 1.06 bits per heavy atom. The average molecular weight is 466 g/mol. The fraction of sp³-hybridized carbons (Fsp3) is 0.409. The summed E-state index contributed by atoms with van der Waals surface area (Å²) in [4.78, 5) is 18.5. The van der Waals surface area contributed by atoms with E-state index in [4.69, 9.17) is 45.6 Å². The second-order valence-electron chi connectivity index (χ2n) is 8.94. The monoisotopic (exact) mass is 466 g/mol. The van der Waals surface area contributed by atoms with Gasteiger partial charge in [-0.05, 0) is 37.6 Å². The van der Waals surface area contributed by atoms with E-state index < -0.39 is 22.2 Å². The zero-order valence-electron chi connectivity index (χ0n) is 19.3. The lowest BCUT2D eigenvalue weighted by Crippen LogP contribution is -2.65. The molecular weight excluding hydrogens is 447 g/mol. The fourth-order valence-electron chi connectivity index (χ4n) is 4.18. The first-order valence-corrected chi connectivity index (χ1v) is 11.1. The minimum Gasteiger partial charge on any atom is -0.501 e. The lowest BCUT2D eigenvalue weighted by molar-refractivity contribution is 0.0609. The lowest BCUT2D eigenvalue weighted by atomic mass is 9.41. The molecule has 170 valence electrons. The van der Waals surface area contributed by atoms with Crippen LogP contribution in [0.15, 0.2) is 29.1 Å². The van der Waals surface area contributed by atoms with Crippen molar-refractivity contribution in [1.82, 2.24) is 14.6 Å². The van der Waals surface area contributed by atoms with Gasteiger partial charge in [-0.25, -0.2) is 4.98 Å². The summed E-state index contributed by atoms with van der Waals surface area (Å²) in [5.41, 5.74) is 0.394. The molecule has 0 bridgehead atoms. The third-order valence-electron chi connectivity index (χ3n) is 6.22. The van der Waals surface area contributed by atoms with Crippen LogP contribution < -0.4 is 24.7 Å². The van der Waals surface area contributed by atoms with Crippen LogP contribution in [0.4, 0.5) is 10.2 Å². The van der Waals surface area contributed by atoms with Gasteiger partial charge in [-0.15, -0.1) is 5.10 Å². The zero-order valence-corrected chi connectivity index (χ0v) is 19.3. The number of hydrogen-bond donors (Lipinski definition) is 0. The Morgan fingerprint density at radius 2 is 1.71 bits per heavy atom. The van der Waals surface area contributed by atoms with Crippen LogP contribution in [0.5, 0.6) is 17.2 Å². The van der Waals surface area contributed by atoms with Crippen molar-refractivity contribution in [3.8, 4) is 17.2 Å². The molecule has 0 atom stereocenters. The van der Waals surface area contributed by atoms with E-state index in [1.165, 1.54) is 6.92 Å². The van der Waals surface area contributed by atoms with Crippen LogP contribution in [0.3, 0.4) is 0 Å². The van der Waals surface area contributed by atoms with Gasteiger partial charge in [0.2, 0.25) is 5.82 Å². The van der Waals surface area contributed by atoms with Crippen molar-refractivity contribution in [2.24, 2.45) is 0 Å². The van der Waals surface area contributed by atoms with Crippen molar-refractivity contribution in [2.75, 3.05) is 18.0 Å². The van der Waals surface area contributed by atoms with Gasteiger partial charge in [0.1, 0.15) is 43.2 Å². The number of aromatic nitrogens is 3. The zero-order chi connectivity index (χ0) is 25.1. The second kappa shape index (κ2) is 8.24. The van der Waals surface area contributed by atoms with Crippen LogP contribution in [-0.4, -0.2) is 76.0 Å². The van der Waals surface area contributed by atoms with Gasteiger partial charge in [-0.1, -0.05) is 0 Å². The van der Waals surface area contributed by atoms with Crippen LogP contribution in [0.1, 0.15) is 24.1 Å². The van der Waals surface area contributed by atoms with E-state index >= 15 is 0 Å². The number of hydrogen-bond acceptors (Lipinski definition) is 7. The Bertz CT molecular complexity index is 1380. The van der Waals surface area contributed by atoms with E-state index in [0.717, 1.165) is 10.1 Å². The molecule has 35 heavy (non-hydrogen) atoms. The molecule has 8 radical (unpaired) electrons. The predicted octanol–water partition coefficient (Wildman–Crippen LogP) is 0.646. The molecule has 1 saturated heterocycles. The van der Waals surface area contributed by atoms with Crippen molar-refractivity contribution in [1.29, 1.82) is 0 Å². The number of rotatable bonds is 3. The van der Waals surface area contributed by atoms with E-state index in [0.29, 0.717) is 48.9 Å². The largest absolute Gasteiger partial charge is 0.501 e. The number of benzene rings is 1. The highest BCUT2D eigenvalue weighted by atomic mass is 19.1. The highest BCUT2D eigenvalue weighted by Crippen LogP contribution is 2.41. The van der Waals surface area contributed by atoms with Crippen molar-refractivity contribution in [2.45, 2.75) is 43.6 Å². The van der Waals surface area contributed by atoms with E-state index in [9.17, 15) is 9.18 Å². The summed E-state index contributed by atoms with van der Waals surface area (Å²) >= 11 is 0. The molecular formula is C22H19B4FN4O4. The summed E-state index contributed by atoms with van der Waals surface area (Å²) in [6.45, 7) is 4.60. The Labute approximate surface area is 206 Å². The van der Waals surface area contributed by atoms with Crippen molar-refractivity contribution in [3.05, 3.63) is 51.7 Å². The molecule has 0 N–H and O–H groups in total. The van der Waals surface area contributed by atoms with Crippen LogP contribution in [0.2, 0.25) is 0 Å². The smallest absolute Gasteiger partial charge is 0.310 e. The third-order valence-corrected chi connectivity index (χ3v) is 6.22. The molecule has 2 aliphatic heterocycles. The summed E-state index contributed by atoms with van der Waals surface area (Å²) in [5, 5.41) is 0.579. The SMILES string of the molecule is [B]C1([B])Oc2ccc(OC3CCN(c4nn5c(=O)c(F)c(C)nc5cc4C)CC3)cc2OC1([B])[B]. The number of fused-ring (bicyclic) bond motifs is 2. The van der Waals surface area contributed by atoms with Gasteiger partial charge < -0.3 is 19.1 Å². The highest BCUT2D eigenvalue weighted by molar-refractivity contribution is 6.53. The maximum atomic E-state index is 14.1. The molecule has 13 heteroatoms. The molecule has 0 saturated carbocycles. The van der Waals surface area contributed by atoms with Crippen LogP contribution >= 0.6 is 0 Å². The Hall–Kier alpha value is -3.10. The fourth-order valence-corrected chi connectivity index (χ4v) is 4.18. The van der Waals surface area contributed by atoms with E-state index in [1.54, 1.807) is 24.3 Å². The quantitative estimate of drug-likeness (QED) is 0.526. The number of halogens is 1. The van der Waals surface area contributed by atoms with Gasteiger partial charge in [-0.3, -0.25) is 4.79 Å². The second-order valence-corrected chi connectivity index (χ2v) is 8.94. The lowest BCUT2D eigenvalue weighted by Gasteiger charge is -2.48. The molecule has 1 fully saturated rings. The Kier molecular flexibility index (Phi) is 5.56. The van der Waals surface area contributed by atoms with Crippen molar-refractivity contribution < 1.29 is 18.6 Å². The highest BCUT2D eigenvalue weighted by Gasteiger charge is 2.43. The first kappa shape index (κ1) is 23.6. The summed E-state index contributed by atoms with van der Waals surface area (Å²) in [5.74, 6) is 0.830. The number of piperidine rings is 1. The van der Waals surface area contributed by atoms with Gasteiger partial charge in [0.15, 0.2) is 23.0 Å². The normalized spacial score (nSPS) is 19.0. The molecule has 0 spiro atoms. The molecule has 2 aliphatic rings. The summed E-state index contributed by atoms with van der Waals surface area (Å²) in [6.07, 6.45) is 1.30. The summed E-state index contributed by atoms with van der Waals surface area (Å²) < 4.78 is 32.2. The predicted molar refractivity (Wildman–Crippen MR) is 131 cm³/mol. The van der Waals surface area contributed by atoms with Crippen LogP contribution in [-0.2, 0) is 0 Å². The number of anilines is 1. The van der Waals surface area contributed by atoms with Gasteiger partial charge in [-0.2, -0.15) is 8.91 Å². The first-order chi connectivity index (χ1) is 16.4. The minimum absolute atomic E-state index is 0.0510. The number of nitrogens with zero attached hydrogens (tertiary/aromatic N) is 4. The summed E-state index contributed by atoms with van der Waals surface area (Å²) in [7, 11) is 23.2. The Balaban J connectivity index is 1.29. The van der Waals surface area contributed by atoms with Crippen molar-refractivity contribution >= 4 is 42.9 Å². The first-order valence-electron chi connectivity index (χ1n) is 11.1. The minimum atomic E-state index is -1.92. The van der Waals surface area contributed by atoms with Gasteiger partial charge in [0.25, 0.3) is 0 Å². The molecule has 3 aromatic rings. The van der Waals surface area contributed by atoms with Gasteiger partial charge in [0.05, 0.1) is 5.69 Å². The van der Waals surface area contributed by atoms with E-state index in [-0.39, 0.29) is 17.5 Å². The summed E-state index contributed by atoms with van der Waals surface area (Å²) in [6, 6.07) is 6.70. The number of aryl methyl sites for hydroxylation is 2. The van der Waals surface area contributed by atoms with E-state index in [2.05, 4.69) is 10.1 Å². The van der Waals surface area contributed by atoms with Crippen LogP contribution in [0, 0.1) is 19.7 Å². The third kappa shape index (κ3) is 4.15. The van der Waals surface area contributed by atoms with E-state index in [1.807, 2.05) is 11.8 Å². The average Bonchev–Trinajstić information content (AvgIpc) is 2.79. The molecule has 4 heterocycles. The van der Waals surface area contributed by atoms with Gasteiger partial charge in [0, 0.05) is 42.8 Å². The standard InChI is InChI=1S/C22H19B4FN4O4/c1-11-9-17-28-12(2)18(27)20(32)31(17)29-19(11)30-7-5-13(6-8-30)33-14-3-4-15-16(10-14)35-22(25,26)21(23,24)34-15/h3-4,9-10,13H,5-8H2,1-2H3. The Morgan fingerprint density at radius 3 is 2.40 bits per heavy atom.